The van der Waals surface area contributed by atoms with Crippen LogP contribution < -0.4 is 0 Å². The standard InChI is InChI=1S/C21H28O/c1-14(22)17-9-10-18-16-8-7-15-6-4-5-12-20(15,2)19(16)11-13-21(17,18)3/h15,17,19H,4-8,11-13H2,1-3H3/t15?,17-,19+,20+,21-/m1/s1. The third kappa shape index (κ3) is 1.76. The van der Waals surface area contributed by atoms with E-state index in [1.807, 2.05) is 0 Å². The van der Waals surface area contributed by atoms with Gasteiger partial charge in [-0.05, 0) is 62.7 Å². The molecule has 118 valence electrons. The Hall–Kier alpha value is -1.03. The van der Waals surface area contributed by atoms with Gasteiger partial charge < -0.3 is 0 Å². The molecule has 0 bridgehead atoms. The number of hydrogen-bond acceptors (Lipinski definition) is 1. The fourth-order valence-corrected chi connectivity index (χ4v) is 6.37. The van der Waals surface area contributed by atoms with E-state index in [0.717, 1.165) is 18.3 Å². The molecule has 0 heterocycles. The third-order valence-corrected chi connectivity index (χ3v) is 7.66. The lowest BCUT2D eigenvalue weighted by molar-refractivity contribution is -0.121. The van der Waals surface area contributed by atoms with Crippen LogP contribution in [0.5, 0.6) is 0 Å². The van der Waals surface area contributed by atoms with Gasteiger partial charge in [-0.15, -0.1) is 0 Å². The molecule has 0 aromatic carbocycles. The number of carbonyl (C=O) groups is 1. The summed E-state index contributed by atoms with van der Waals surface area (Å²) in [6.07, 6.45) is 10.7. The highest BCUT2D eigenvalue weighted by atomic mass is 16.1. The summed E-state index contributed by atoms with van der Waals surface area (Å²) >= 11 is 0. The van der Waals surface area contributed by atoms with Crippen molar-refractivity contribution in [2.24, 2.45) is 28.6 Å². The summed E-state index contributed by atoms with van der Waals surface area (Å²) < 4.78 is 0. The topological polar surface area (TPSA) is 17.1 Å². The van der Waals surface area contributed by atoms with Crippen molar-refractivity contribution >= 4 is 5.78 Å². The molecule has 0 aromatic rings. The molecule has 0 N–H and O–H groups in total. The molecule has 5 atom stereocenters. The van der Waals surface area contributed by atoms with Gasteiger partial charge in [-0.1, -0.05) is 44.1 Å². The van der Waals surface area contributed by atoms with Gasteiger partial charge in [0.1, 0.15) is 5.78 Å². The summed E-state index contributed by atoms with van der Waals surface area (Å²) in [7, 11) is 0. The Morgan fingerprint density at radius 2 is 1.95 bits per heavy atom. The number of carbonyl (C=O) groups excluding carboxylic acids is 1. The summed E-state index contributed by atoms with van der Waals surface area (Å²) in [6, 6.07) is 0. The first-order chi connectivity index (χ1) is 10.5. The number of ketones is 1. The summed E-state index contributed by atoms with van der Waals surface area (Å²) in [5.74, 6) is 8.64. The van der Waals surface area contributed by atoms with Crippen LogP contribution >= 0.6 is 0 Å². The van der Waals surface area contributed by atoms with Gasteiger partial charge in [0, 0.05) is 11.0 Å². The predicted octanol–water partition coefficient (Wildman–Crippen LogP) is 4.91. The average molecular weight is 296 g/mol. The molecule has 0 spiro atoms. The Kier molecular flexibility index (Phi) is 3.13. The lowest BCUT2D eigenvalue weighted by Crippen LogP contribution is -2.46. The van der Waals surface area contributed by atoms with Crippen molar-refractivity contribution in [3.05, 3.63) is 11.1 Å². The third-order valence-electron chi connectivity index (χ3n) is 7.66. The highest BCUT2D eigenvalue weighted by molar-refractivity contribution is 5.85. The molecule has 4 aliphatic rings. The van der Waals surface area contributed by atoms with Crippen molar-refractivity contribution in [3.63, 3.8) is 0 Å². The minimum absolute atomic E-state index is 0.00443. The quantitative estimate of drug-likeness (QED) is 0.628. The maximum Gasteiger partial charge on any atom is 0.145 e. The van der Waals surface area contributed by atoms with Crippen LogP contribution in [0.25, 0.3) is 0 Å². The highest BCUT2D eigenvalue weighted by Gasteiger charge is 2.54. The van der Waals surface area contributed by atoms with E-state index in [1.54, 1.807) is 12.5 Å². The zero-order chi connectivity index (χ0) is 15.5. The first-order valence-corrected chi connectivity index (χ1v) is 9.22. The Bertz CT molecular complexity index is 616. The molecular weight excluding hydrogens is 268 g/mol. The van der Waals surface area contributed by atoms with Gasteiger partial charge in [-0.3, -0.25) is 4.79 Å². The second kappa shape index (κ2) is 4.73. The molecule has 1 nitrogen and oxygen atoms in total. The van der Waals surface area contributed by atoms with Crippen LogP contribution in [-0.2, 0) is 4.79 Å². The highest BCUT2D eigenvalue weighted by Crippen LogP contribution is 2.62. The molecule has 4 aliphatic carbocycles. The van der Waals surface area contributed by atoms with Crippen molar-refractivity contribution in [1.29, 1.82) is 0 Å². The molecule has 2 saturated carbocycles. The van der Waals surface area contributed by atoms with E-state index in [9.17, 15) is 4.79 Å². The summed E-state index contributed by atoms with van der Waals surface area (Å²) in [4.78, 5) is 12.0. The fraction of sp³-hybridized carbons (Fsp3) is 0.762. The zero-order valence-electron chi connectivity index (χ0n) is 14.3. The molecule has 1 heteroatoms. The van der Waals surface area contributed by atoms with Crippen LogP contribution in [0.1, 0.15) is 72.1 Å². The molecule has 22 heavy (non-hydrogen) atoms. The normalized spacial score (nSPS) is 46.2. The monoisotopic (exact) mass is 296 g/mol. The van der Waals surface area contributed by atoms with Gasteiger partial charge >= 0.3 is 0 Å². The number of rotatable bonds is 1. The van der Waals surface area contributed by atoms with Crippen molar-refractivity contribution in [2.75, 3.05) is 0 Å². The van der Waals surface area contributed by atoms with Crippen LogP contribution in [0.4, 0.5) is 0 Å². The minimum atomic E-state index is -0.0483. The lowest BCUT2D eigenvalue weighted by atomic mass is 9.49. The van der Waals surface area contributed by atoms with E-state index in [1.165, 1.54) is 50.5 Å². The fourth-order valence-electron chi connectivity index (χ4n) is 6.37. The second-order valence-electron chi connectivity index (χ2n) is 8.71. The molecule has 4 rings (SSSR count). The Morgan fingerprint density at radius 3 is 2.73 bits per heavy atom. The molecule has 1 unspecified atom stereocenters. The molecule has 0 aliphatic heterocycles. The molecular formula is C21H28O. The maximum atomic E-state index is 12.0. The van der Waals surface area contributed by atoms with Crippen molar-refractivity contribution in [3.8, 4) is 11.8 Å². The predicted molar refractivity (Wildman–Crippen MR) is 89.1 cm³/mol. The zero-order valence-corrected chi connectivity index (χ0v) is 14.3. The van der Waals surface area contributed by atoms with E-state index >= 15 is 0 Å². The lowest BCUT2D eigenvalue weighted by Gasteiger charge is -2.55. The Morgan fingerprint density at radius 1 is 1.14 bits per heavy atom. The van der Waals surface area contributed by atoms with Gasteiger partial charge in [0.25, 0.3) is 0 Å². The largest absolute Gasteiger partial charge is 0.299 e. The van der Waals surface area contributed by atoms with Gasteiger partial charge in [-0.2, -0.15) is 0 Å². The summed E-state index contributed by atoms with van der Waals surface area (Å²) in [5, 5.41) is 0. The van der Waals surface area contributed by atoms with E-state index in [0.29, 0.717) is 5.41 Å². The maximum absolute atomic E-state index is 12.0. The molecule has 0 saturated heterocycles. The molecule has 0 aromatic heterocycles. The van der Waals surface area contributed by atoms with Crippen molar-refractivity contribution < 1.29 is 4.79 Å². The Balaban J connectivity index is 1.77. The van der Waals surface area contributed by atoms with E-state index in [-0.39, 0.29) is 17.1 Å². The van der Waals surface area contributed by atoms with Crippen LogP contribution in [-0.4, -0.2) is 5.78 Å². The smallest absolute Gasteiger partial charge is 0.145 e. The van der Waals surface area contributed by atoms with Crippen LogP contribution in [0, 0.1) is 40.4 Å². The molecule has 2 fully saturated rings. The van der Waals surface area contributed by atoms with Gasteiger partial charge in [-0.25, -0.2) is 0 Å². The van der Waals surface area contributed by atoms with Crippen LogP contribution in [0.15, 0.2) is 11.1 Å². The first kappa shape index (κ1) is 14.6. The summed E-state index contributed by atoms with van der Waals surface area (Å²) in [5.41, 5.74) is 3.55. The van der Waals surface area contributed by atoms with E-state index in [4.69, 9.17) is 0 Å². The van der Waals surface area contributed by atoms with E-state index < -0.39 is 0 Å². The molecule has 0 amide bonds. The van der Waals surface area contributed by atoms with Gasteiger partial charge in [0.05, 0.1) is 5.92 Å². The number of Topliss-reactive ketones (excluding diaryl/α,β-unsaturated/α-hetero) is 1. The van der Waals surface area contributed by atoms with E-state index in [2.05, 4.69) is 25.7 Å². The average Bonchev–Trinajstić information content (AvgIpc) is 2.84. The molecule has 0 radical (unpaired) electrons. The first-order valence-electron chi connectivity index (χ1n) is 9.22. The summed E-state index contributed by atoms with van der Waals surface area (Å²) in [6.45, 7) is 6.58. The minimum Gasteiger partial charge on any atom is -0.299 e. The van der Waals surface area contributed by atoms with Crippen molar-refractivity contribution in [2.45, 2.75) is 72.1 Å². The second-order valence-corrected chi connectivity index (χ2v) is 8.71. The Labute approximate surface area is 134 Å². The SMILES string of the molecule is CC(=O)[C@H]1C#CC2=C3CCC4CCCC[C@]4(C)[C@H]3CC[C@@]21C. The van der Waals surface area contributed by atoms with Gasteiger partial charge in [0.2, 0.25) is 0 Å². The van der Waals surface area contributed by atoms with Crippen LogP contribution in [0.2, 0.25) is 0 Å². The number of allylic oxidation sites excluding steroid dienone is 2. The number of fused-ring (bicyclic) bond motifs is 4. The number of hydrogen-bond donors (Lipinski definition) is 0. The van der Waals surface area contributed by atoms with Crippen LogP contribution in [0.3, 0.4) is 0 Å². The van der Waals surface area contributed by atoms with Crippen molar-refractivity contribution in [1.82, 2.24) is 0 Å². The van der Waals surface area contributed by atoms with Gasteiger partial charge in [0.15, 0.2) is 0 Å².